The average molecular weight is 395 g/mol. The standard InChI is InChI=1S/C23H26N2O2S/c26-22(24-14-15-28-17-24)20-12-7-13-21(20)23(27)25(19-10-5-2-6-11-19)16-18-8-3-1-4-9-18/h1-6,8-11,20-21H,7,12-17H2/t20?,21-/m1/s1. The number of hydrogen-bond acceptors (Lipinski definition) is 3. The van der Waals surface area contributed by atoms with E-state index in [-0.39, 0.29) is 23.7 Å². The first-order valence-corrected chi connectivity index (χ1v) is 11.2. The van der Waals surface area contributed by atoms with Crippen LogP contribution in [-0.2, 0) is 16.1 Å². The lowest BCUT2D eigenvalue weighted by Gasteiger charge is -2.30. The van der Waals surface area contributed by atoms with E-state index in [9.17, 15) is 9.59 Å². The molecule has 1 saturated heterocycles. The summed E-state index contributed by atoms with van der Waals surface area (Å²) in [6, 6.07) is 19.9. The Morgan fingerprint density at radius 1 is 0.964 bits per heavy atom. The first-order valence-electron chi connectivity index (χ1n) is 10.0. The number of carbonyl (C=O) groups excluding carboxylic acids is 2. The first kappa shape index (κ1) is 19.1. The minimum Gasteiger partial charge on any atom is -0.332 e. The Kier molecular flexibility index (Phi) is 6.01. The van der Waals surface area contributed by atoms with E-state index in [0.29, 0.717) is 6.54 Å². The maximum atomic E-state index is 13.6. The van der Waals surface area contributed by atoms with E-state index in [2.05, 4.69) is 0 Å². The minimum absolute atomic E-state index is 0.0813. The number of carbonyl (C=O) groups is 2. The number of anilines is 1. The SMILES string of the molecule is O=C(C1CCC[C@H]1C(=O)N(Cc1ccccc1)c1ccccc1)N1CCSC1. The van der Waals surface area contributed by atoms with E-state index < -0.39 is 0 Å². The minimum atomic E-state index is -0.220. The largest absolute Gasteiger partial charge is 0.332 e. The molecule has 2 fully saturated rings. The van der Waals surface area contributed by atoms with Gasteiger partial charge in [-0.2, -0.15) is 0 Å². The van der Waals surface area contributed by atoms with Crippen LogP contribution in [0.5, 0.6) is 0 Å². The number of rotatable bonds is 5. The summed E-state index contributed by atoms with van der Waals surface area (Å²) in [7, 11) is 0. The van der Waals surface area contributed by atoms with Gasteiger partial charge in [0.05, 0.1) is 18.3 Å². The molecule has 2 aliphatic rings. The molecule has 2 atom stereocenters. The van der Waals surface area contributed by atoms with Gasteiger partial charge in [0.2, 0.25) is 11.8 Å². The topological polar surface area (TPSA) is 40.6 Å². The number of amides is 2. The smallest absolute Gasteiger partial charge is 0.231 e. The normalized spacial score (nSPS) is 21.6. The molecule has 1 unspecified atom stereocenters. The summed E-state index contributed by atoms with van der Waals surface area (Å²) in [6.45, 7) is 1.34. The van der Waals surface area contributed by atoms with Gasteiger partial charge in [-0.1, -0.05) is 55.0 Å². The lowest BCUT2D eigenvalue weighted by molar-refractivity contribution is -0.138. The average Bonchev–Trinajstić information content (AvgIpc) is 3.45. The van der Waals surface area contributed by atoms with Crippen LogP contribution in [0.3, 0.4) is 0 Å². The fraction of sp³-hybridized carbons (Fsp3) is 0.391. The molecule has 146 valence electrons. The van der Waals surface area contributed by atoms with E-state index in [1.165, 1.54) is 0 Å². The highest BCUT2D eigenvalue weighted by Crippen LogP contribution is 2.37. The molecule has 1 aliphatic carbocycles. The molecule has 2 aromatic carbocycles. The second-order valence-corrected chi connectivity index (χ2v) is 8.60. The Balaban J connectivity index is 1.58. The van der Waals surface area contributed by atoms with Crippen molar-refractivity contribution in [2.75, 3.05) is 23.1 Å². The van der Waals surface area contributed by atoms with Crippen LogP contribution in [0.15, 0.2) is 60.7 Å². The molecule has 4 nitrogen and oxygen atoms in total. The van der Waals surface area contributed by atoms with Gasteiger partial charge >= 0.3 is 0 Å². The van der Waals surface area contributed by atoms with Gasteiger partial charge in [0.25, 0.3) is 0 Å². The van der Waals surface area contributed by atoms with Crippen molar-refractivity contribution in [2.45, 2.75) is 25.8 Å². The van der Waals surface area contributed by atoms with Crippen LogP contribution >= 0.6 is 11.8 Å². The highest BCUT2D eigenvalue weighted by Gasteiger charge is 2.42. The van der Waals surface area contributed by atoms with Gasteiger partial charge in [0, 0.05) is 23.9 Å². The molecule has 0 radical (unpaired) electrons. The van der Waals surface area contributed by atoms with Crippen molar-refractivity contribution in [3.05, 3.63) is 66.2 Å². The Labute approximate surface area is 170 Å². The summed E-state index contributed by atoms with van der Waals surface area (Å²) in [6.07, 6.45) is 2.57. The maximum absolute atomic E-state index is 13.6. The summed E-state index contributed by atoms with van der Waals surface area (Å²) in [5.74, 6) is 1.63. The predicted octanol–water partition coefficient (Wildman–Crippen LogP) is 4.17. The summed E-state index contributed by atoms with van der Waals surface area (Å²) in [4.78, 5) is 30.5. The van der Waals surface area contributed by atoms with Crippen molar-refractivity contribution in [1.29, 1.82) is 0 Å². The molecule has 4 rings (SSSR count). The van der Waals surface area contributed by atoms with Gasteiger partial charge in [-0.15, -0.1) is 11.8 Å². The first-order chi connectivity index (χ1) is 13.7. The highest BCUT2D eigenvalue weighted by atomic mass is 32.2. The third kappa shape index (κ3) is 4.09. The molecule has 0 spiro atoms. The summed E-state index contributed by atoms with van der Waals surface area (Å²) in [5.41, 5.74) is 1.99. The fourth-order valence-corrected chi connectivity index (χ4v) is 5.20. The van der Waals surface area contributed by atoms with Crippen molar-refractivity contribution in [1.82, 2.24) is 4.90 Å². The molecule has 2 amide bonds. The van der Waals surface area contributed by atoms with Gasteiger partial charge in [-0.3, -0.25) is 9.59 Å². The quantitative estimate of drug-likeness (QED) is 0.764. The molecule has 0 aromatic heterocycles. The number of para-hydroxylation sites is 1. The van der Waals surface area contributed by atoms with Crippen molar-refractivity contribution in [3.8, 4) is 0 Å². The van der Waals surface area contributed by atoms with Crippen LogP contribution in [0.4, 0.5) is 5.69 Å². The lowest BCUT2D eigenvalue weighted by atomic mass is 9.92. The van der Waals surface area contributed by atoms with Crippen LogP contribution < -0.4 is 4.90 Å². The van der Waals surface area contributed by atoms with Gasteiger partial charge < -0.3 is 9.80 Å². The van der Waals surface area contributed by atoms with Crippen molar-refractivity contribution >= 4 is 29.3 Å². The molecule has 1 aliphatic heterocycles. The zero-order valence-electron chi connectivity index (χ0n) is 16.0. The number of thioether (sulfide) groups is 1. The van der Waals surface area contributed by atoms with Gasteiger partial charge in [0.15, 0.2) is 0 Å². The van der Waals surface area contributed by atoms with Crippen LogP contribution in [0, 0.1) is 11.8 Å². The third-order valence-electron chi connectivity index (χ3n) is 5.73. The van der Waals surface area contributed by atoms with Crippen molar-refractivity contribution < 1.29 is 9.59 Å². The molecule has 2 aromatic rings. The Morgan fingerprint density at radius 2 is 1.64 bits per heavy atom. The Morgan fingerprint density at radius 3 is 2.32 bits per heavy atom. The molecular weight excluding hydrogens is 368 g/mol. The number of nitrogens with zero attached hydrogens (tertiary/aromatic N) is 2. The van der Waals surface area contributed by atoms with Crippen LogP contribution in [-0.4, -0.2) is 34.9 Å². The maximum Gasteiger partial charge on any atom is 0.231 e. The van der Waals surface area contributed by atoms with E-state index in [4.69, 9.17) is 0 Å². The third-order valence-corrected chi connectivity index (χ3v) is 6.70. The lowest BCUT2D eigenvalue weighted by Crippen LogP contribution is -2.42. The van der Waals surface area contributed by atoms with E-state index >= 15 is 0 Å². The monoisotopic (exact) mass is 394 g/mol. The molecule has 5 heteroatoms. The molecule has 0 bridgehead atoms. The summed E-state index contributed by atoms with van der Waals surface area (Å²) < 4.78 is 0. The molecule has 1 saturated carbocycles. The van der Waals surface area contributed by atoms with Crippen molar-refractivity contribution in [3.63, 3.8) is 0 Å². The number of benzene rings is 2. The van der Waals surface area contributed by atoms with Gasteiger partial charge in [0.1, 0.15) is 0 Å². The molecule has 1 heterocycles. The zero-order chi connectivity index (χ0) is 19.3. The van der Waals surface area contributed by atoms with E-state index in [1.54, 1.807) is 11.8 Å². The summed E-state index contributed by atoms with van der Waals surface area (Å²) >= 11 is 1.79. The predicted molar refractivity (Wildman–Crippen MR) is 114 cm³/mol. The van der Waals surface area contributed by atoms with E-state index in [0.717, 1.165) is 48.7 Å². The second-order valence-electron chi connectivity index (χ2n) is 7.53. The van der Waals surface area contributed by atoms with E-state index in [1.807, 2.05) is 70.5 Å². The Hall–Kier alpha value is -2.27. The van der Waals surface area contributed by atoms with Crippen LogP contribution in [0.25, 0.3) is 0 Å². The zero-order valence-corrected chi connectivity index (χ0v) is 16.8. The molecular formula is C23H26N2O2S. The van der Waals surface area contributed by atoms with Gasteiger partial charge in [-0.25, -0.2) is 0 Å². The number of hydrogen-bond donors (Lipinski definition) is 0. The Bertz CT molecular complexity index is 806. The molecule has 28 heavy (non-hydrogen) atoms. The highest BCUT2D eigenvalue weighted by molar-refractivity contribution is 7.99. The summed E-state index contributed by atoms with van der Waals surface area (Å²) in [5, 5.41) is 0. The second kappa shape index (κ2) is 8.82. The van der Waals surface area contributed by atoms with Crippen LogP contribution in [0.2, 0.25) is 0 Å². The van der Waals surface area contributed by atoms with Crippen LogP contribution in [0.1, 0.15) is 24.8 Å². The van der Waals surface area contributed by atoms with Crippen molar-refractivity contribution in [2.24, 2.45) is 11.8 Å². The molecule has 0 N–H and O–H groups in total. The van der Waals surface area contributed by atoms with Gasteiger partial charge in [-0.05, 0) is 30.5 Å². The fourth-order valence-electron chi connectivity index (χ4n) is 4.24.